The van der Waals surface area contributed by atoms with Crippen LogP contribution in [0.25, 0.3) is 0 Å². The topological polar surface area (TPSA) is 40.5 Å². The zero-order valence-corrected chi connectivity index (χ0v) is 7.35. The number of nitrogens with zero attached hydrogens (tertiary/aromatic N) is 1. The van der Waals surface area contributed by atoms with E-state index in [9.17, 15) is 4.79 Å². The SMILES string of the molecule is CCCC(=O)O.CN(C)Cl. The number of halogens is 1. The average molecular weight is 168 g/mol. The molecule has 0 fully saturated rings. The van der Waals surface area contributed by atoms with Crippen LogP contribution in [0.4, 0.5) is 0 Å². The minimum absolute atomic E-state index is 0.292. The number of carbonyl (C=O) groups is 1. The second kappa shape index (κ2) is 8.72. The van der Waals surface area contributed by atoms with Gasteiger partial charge in [0.25, 0.3) is 0 Å². The van der Waals surface area contributed by atoms with E-state index >= 15 is 0 Å². The zero-order valence-electron chi connectivity index (χ0n) is 6.59. The van der Waals surface area contributed by atoms with Gasteiger partial charge in [-0.05, 0) is 18.2 Å². The molecule has 62 valence electrons. The standard InChI is InChI=1S/C4H8O2.C2H6ClN/c1-2-3-4(5)6;1-4(2)3/h2-3H2,1H3,(H,5,6);1-2H3. The molecule has 0 aliphatic heterocycles. The molecule has 0 radical (unpaired) electrons. The molecule has 0 bridgehead atoms. The molecular formula is C6H14ClNO2. The smallest absolute Gasteiger partial charge is 0.303 e. The second-order valence-corrected chi connectivity index (χ2v) is 2.61. The van der Waals surface area contributed by atoms with E-state index in [1.807, 2.05) is 6.92 Å². The molecule has 0 saturated carbocycles. The van der Waals surface area contributed by atoms with Crippen molar-refractivity contribution in [1.29, 1.82) is 0 Å². The molecule has 0 aliphatic carbocycles. The van der Waals surface area contributed by atoms with Crippen LogP contribution >= 0.6 is 11.8 Å². The van der Waals surface area contributed by atoms with Crippen molar-refractivity contribution in [3.63, 3.8) is 0 Å². The van der Waals surface area contributed by atoms with Crippen LogP contribution in [0.15, 0.2) is 0 Å². The van der Waals surface area contributed by atoms with Gasteiger partial charge in [-0.1, -0.05) is 6.92 Å². The van der Waals surface area contributed by atoms with Crippen molar-refractivity contribution in [2.24, 2.45) is 0 Å². The lowest BCUT2D eigenvalue weighted by Crippen LogP contribution is -1.90. The van der Waals surface area contributed by atoms with Crippen molar-refractivity contribution >= 4 is 17.7 Å². The first-order chi connectivity index (χ1) is 4.50. The summed E-state index contributed by atoms with van der Waals surface area (Å²) in [4.78, 5) is 9.60. The van der Waals surface area contributed by atoms with Crippen LogP contribution in [-0.2, 0) is 4.79 Å². The van der Waals surface area contributed by atoms with Crippen LogP contribution in [0, 0.1) is 0 Å². The predicted molar refractivity (Wildman–Crippen MR) is 42.1 cm³/mol. The molecule has 0 atom stereocenters. The van der Waals surface area contributed by atoms with Crippen LogP contribution in [0.3, 0.4) is 0 Å². The quantitative estimate of drug-likeness (QED) is 0.635. The number of carboxylic acid groups (broad SMARTS) is 1. The van der Waals surface area contributed by atoms with Gasteiger partial charge in [-0.3, -0.25) is 4.79 Å². The number of rotatable bonds is 2. The van der Waals surface area contributed by atoms with Gasteiger partial charge >= 0.3 is 5.97 Å². The molecular weight excluding hydrogens is 154 g/mol. The van der Waals surface area contributed by atoms with Gasteiger partial charge in [0.05, 0.1) is 0 Å². The molecule has 3 nitrogen and oxygen atoms in total. The van der Waals surface area contributed by atoms with Crippen LogP contribution < -0.4 is 0 Å². The summed E-state index contributed by atoms with van der Waals surface area (Å²) in [6.45, 7) is 1.84. The summed E-state index contributed by atoms with van der Waals surface area (Å²) >= 11 is 5.11. The fraction of sp³-hybridized carbons (Fsp3) is 0.833. The molecule has 4 heteroatoms. The maximum atomic E-state index is 9.60. The normalized spacial score (nSPS) is 8.50. The molecule has 0 aliphatic rings. The van der Waals surface area contributed by atoms with Crippen molar-refractivity contribution in [3.05, 3.63) is 0 Å². The number of hydrogen-bond donors (Lipinski definition) is 1. The van der Waals surface area contributed by atoms with Crippen molar-refractivity contribution in [2.75, 3.05) is 14.1 Å². The minimum atomic E-state index is -0.711. The van der Waals surface area contributed by atoms with Crippen LogP contribution in [0.5, 0.6) is 0 Å². The van der Waals surface area contributed by atoms with Gasteiger partial charge in [-0.2, -0.15) is 0 Å². The molecule has 0 saturated heterocycles. The van der Waals surface area contributed by atoms with Crippen LogP contribution in [0.2, 0.25) is 0 Å². The molecule has 0 aromatic rings. The molecule has 0 aromatic carbocycles. The molecule has 0 heterocycles. The molecule has 0 rings (SSSR count). The van der Waals surface area contributed by atoms with E-state index in [1.165, 1.54) is 4.42 Å². The number of aliphatic carboxylic acids is 1. The Morgan fingerprint density at radius 1 is 1.60 bits per heavy atom. The van der Waals surface area contributed by atoms with Crippen molar-refractivity contribution in [1.82, 2.24) is 4.42 Å². The molecule has 0 spiro atoms. The summed E-state index contributed by atoms with van der Waals surface area (Å²) in [6, 6.07) is 0. The van der Waals surface area contributed by atoms with Gasteiger partial charge in [0, 0.05) is 20.5 Å². The van der Waals surface area contributed by atoms with E-state index in [-0.39, 0.29) is 0 Å². The maximum Gasteiger partial charge on any atom is 0.303 e. The lowest BCUT2D eigenvalue weighted by molar-refractivity contribution is -0.137. The summed E-state index contributed by atoms with van der Waals surface area (Å²) in [5.41, 5.74) is 0. The Hall–Kier alpha value is -0.280. The third-order valence-corrected chi connectivity index (χ3v) is 0.464. The predicted octanol–water partition coefficient (Wildman–Crippen LogP) is 1.57. The highest BCUT2D eigenvalue weighted by atomic mass is 35.5. The summed E-state index contributed by atoms with van der Waals surface area (Å²) in [7, 11) is 3.53. The lowest BCUT2D eigenvalue weighted by atomic mass is 10.4. The molecule has 0 amide bonds. The van der Waals surface area contributed by atoms with Crippen molar-refractivity contribution in [2.45, 2.75) is 19.8 Å². The fourth-order valence-electron chi connectivity index (χ4n) is 0.214. The monoisotopic (exact) mass is 167 g/mol. The van der Waals surface area contributed by atoms with Gasteiger partial charge in [0.1, 0.15) is 0 Å². The Morgan fingerprint density at radius 2 is 1.90 bits per heavy atom. The summed E-state index contributed by atoms with van der Waals surface area (Å²) in [5, 5.41) is 7.91. The Morgan fingerprint density at radius 3 is 1.90 bits per heavy atom. The van der Waals surface area contributed by atoms with Gasteiger partial charge in [0.15, 0.2) is 0 Å². The van der Waals surface area contributed by atoms with E-state index in [2.05, 4.69) is 0 Å². The first-order valence-electron chi connectivity index (χ1n) is 3.05. The van der Waals surface area contributed by atoms with Gasteiger partial charge < -0.3 is 5.11 Å². The van der Waals surface area contributed by atoms with Gasteiger partial charge in [-0.25, -0.2) is 4.42 Å². The first-order valence-corrected chi connectivity index (χ1v) is 3.39. The average Bonchev–Trinajstić information content (AvgIpc) is 1.62. The first kappa shape index (κ1) is 12.4. The molecule has 0 unspecified atom stereocenters. The highest BCUT2D eigenvalue weighted by Crippen LogP contribution is 1.82. The summed E-state index contributed by atoms with van der Waals surface area (Å²) < 4.78 is 1.47. The second-order valence-electron chi connectivity index (χ2n) is 1.93. The Labute approximate surface area is 66.7 Å². The van der Waals surface area contributed by atoms with Crippen molar-refractivity contribution < 1.29 is 9.90 Å². The Bertz CT molecular complexity index is 83.1. The van der Waals surface area contributed by atoms with E-state index in [4.69, 9.17) is 16.9 Å². The third-order valence-electron chi connectivity index (χ3n) is 0.464. The van der Waals surface area contributed by atoms with E-state index in [0.29, 0.717) is 6.42 Å². The van der Waals surface area contributed by atoms with Crippen molar-refractivity contribution in [3.8, 4) is 0 Å². The summed E-state index contributed by atoms with van der Waals surface area (Å²) in [5.74, 6) is -0.711. The van der Waals surface area contributed by atoms with Gasteiger partial charge in [0.2, 0.25) is 0 Å². The van der Waals surface area contributed by atoms with E-state index < -0.39 is 5.97 Å². The Balaban J connectivity index is 0. The molecule has 10 heavy (non-hydrogen) atoms. The maximum absolute atomic E-state index is 9.60. The number of carboxylic acids is 1. The van der Waals surface area contributed by atoms with E-state index in [1.54, 1.807) is 14.1 Å². The highest BCUT2D eigenvalue weighted by Gasteiger charge is 1.87. The fourth-order valence-corrected chi connectivity index (χ4v) is 0.214. The zero-order chi connectivity index (χ0) is 8.57. The lowest BCUT2D eigenvalue weighted by Gasteiger charge is -1.85. The largest absolute Gasteiger partial charge is 0.481 e. The van der Waals surface area contributed by atoms with Gasteiger partial charge in [-0.15, -0.1) is 0 Å². The van der Waals surface area contributed by atoms with Crippen LogP contribution in [-0.4, -0.2) is 29.6 Å². The third kappa shape index (κ3) is 47.1. The number of hydrogen-bond acceptors (Lipinski definition) is 2. The molecule has 0 aromatic heterocycles. The highest BCUT2D eigenvalue weighted by molar-refractivity contribution is 6.12. The van der Waals surface area contributed by atoms with E-state index in [0.717, 1.165) is 6.42 Å². The Kier molecular flexibility index (Phi) is 10.8. The minimum Gasteiger partial charge on any atom is -0.481 e. The van der Waals surface area contributed by atoms with Crippen LogP contribution in [0.1, 0.15) is 19.8 Å². The molecule has 1 N–H and O–H groups in total. The summed E-state index contributed by atoms with van der Waals surface area (Å²) in [6.07, 6.45) is 1.02.